The number of hydrogen-bond acceptors (Lipinski definition) is 5. The number of hydrogen-bond donors (Lipinski definition) is 1. The first-order chi connectivity index (χ1) is 13.7. The third-order valence-corrected chi connectivity index (χ3v) is 5.11. The predicted molar refractivity (Wildman–Crippen MR) is 111 cm³/mol. The highest BCUT2D eigenvalue weighted by Gasteiger charge is 2.25. The van der Waals surface area contributed by atoms with Gasteiger partial charge in [0.1, 0.15) is 17.5 Å². The highest BCUT2D eigenvalue weighted by atomic mass is 15.1. The van der Waals surface area contributed by atoms with Crippen LogP contribution >= 0.6 is 0 Å². The number of anilines is 1. The van der Waals surface area contributed by atoms with Crippen LogP contribution in [0.2, 0.25) is 0 Å². The normalized spacial score (nSPS) is 13.5. The van der Waals surface area contributed by atoms with Gasteiger partial charge in [-0.05, 0) is 34.4 Å². The van der Waals surface area contributed by atoms with Gasteiger partial charge >= 0.3 is 0 Å². The number of pyridine rings is 2. The molecule has 1 aliphatic heterocycles. The average molecular weight is 367 g/mol. The van der Waals surface area contributed by atoms with Gasteiger partial charge in [-0.2, -0.15) is 5.26 Å². The molecule has 0 atom stereocenters. The average Bonchev–Trinajstić information content (AvgIpc) is 2.74. The van der Waals surface area contributed by atoms with Crippen molar-refractivity contribution in [1.29, 1.82) is 5.26 Å². The number of fused-ring (bicyclic) bond motifs is 1. The van der Waals surface area contributed by atoms with Crippen LogP contribution in [0, 0.1) is 11.3 Å². The molecule has 28 heavy (non-hydrogen) atoms. The molecule has 0 saturated carbocycles. The van der Waals surface area contributed by atoms with Gasteiger partial charge < -0.3 is 5.73 Å². The van der Waals surface area contributed by atoms with Crippen LogP contribution in [0.15, 0.2) is 55.4 Å². The fraction of sp³-hybridized carbons (Fsp3) is 0.174. The number of rotatable bonds is 4. The molecule has 0 fully saturated rings. The Kier molecular flexibility index (Phi) is 4.88. The lowest BCUT2D eigenvalue weighted by atomic mass is 9.90. The molecule has 5 heteroatoms. The maximum Gasteiger partial charge on any atom is 0.142 e. The van der Waals surface area contributed by atoms with E-state index in [2.05, 4.69) is 33.6 Å². The Labute approximate surface area is 164 Å². The lowest BCUT2D eigenvalue weighted by molar-refractivity contribution is 0.243. The standard InChI is InChI=1S/C23H21N5/c1-2-16-5-3-7-18(11-16)22-19(12-24)23(25)27-21-8-10-28(15-20(21)22)14-17-6-4-9-26-13-17/h2-7,9,11,13H,1,8,10,14-15H2,(H2,25,27). The lowest BCUT2D eigenvalue weighted by Crippen LogP contribution is -2.31. The molecule has 4 rings (SSSR count). The second-order valence-corrected chi connectivity index (χ2v) is 6.94. The molecule has 0 amide bonds. The van der Waals surface area contributed by atoms with Crippen LogP contribution < -0.4 is 5.73 Å². The van der Waals surface area contributed by atoms with Crippen LogP contribution in [0.3, 0.4) is 0 Å². The Morgan fingerprint density at radius 1 is 1.29 bits per heavy atom. The molecule has 0 spiro atoms. The van der Waals surface area contributed by atoms with Crippen molar-refractivity contribution in [3.8, 4) is 17.2 Å². The zero-order valence-corrected chi connectivity index (χ0v) is 15.6. The monoisotopic (exact) mass is 367 g/mol. The minimum absolute atomic E-state index is 0.306. The van der Waals surface area contributed by atoms with Crippen molar-refractivity contribution in [2.24, 2.45) is 0 Å². The summed E-state index contributed by atoms with van der Waals surface area (Å²) in [6, 6.07) is 14.3. The summed E-state index contributed by atoms with van der Waals surface area (Å²) in [5.41, 5.74) is 12.7. The van der Waals surface area contributed by atoms with Crippen molar-refractivity contribution >= 4 is 11.9 Å². The molecule has 138 valence electrons. The number of aromatic nitrogens is 2. The predicted octanol–water partition coefficient (Wildman–Crippen LogP) is 3.80. The first kappa shape index (κ1) is 17.9. The van der Waals surface area contributed by atoms with Crippen molar-refractivity contribution in [3.05, 3.63) is 83.3 Å². The molecule has 1 aromatic carbocycles. The zero-order chi connectivity index (χ0) is 19.5. The van der Waals surface area contributed by atoms with Gasteiger partial charge in [-0.25, -0.2) is 4.98 Å². The van der Waals surface area contributed by atoms with Crippen LogP contribution in [0.5, 0.6) is 0 Å². The summed E-state index contributed by atoms with van der Waals surface area (Å²) in [6.45, 7) is 6.28. The van der Waals surface area contributed by atoms with Crippen LogP contribution in [-0.2, 0) is 19.5 Å². The number of nitrogens with two attached hydrogens (primary N) is 1. The molecule has 0 radical (unpaired) electrons. The van der Waals surface area contributed by atoms with Crippen molar-refractivity contribution in [1.82, 2.24) is 14.9 Å². The van der Waals surface area contributed by atoms with E-state index in [1.807, 2.05) is 36.5 Å². The summed E-state index contributed by atoms with van der Waals surface area (Å²) < 4.78 is 0. The third kappa shape index (κ3) is 3.38. The number of nitriles is 1. The van der Waals surface area contributed by atoms with E-state index in [4.69, 9.17) is 5.73 Å². The van der Waals surface area contributed by atoms with Gasteiger partial charge in [0.05, 0.1) is 0 Å². The third-order valence-electron chi connectivity index (χ3n) is 5.11. The van der Waals surface area contributed by atoms with E-state index in [1.165, 1.54) is 5.56 Å². The van der Waals surface area contributed by atoms with E-state index < -0.39 is 0 Å². The summed E-state index contributed by atoms with van der Waals surface area (Å²) >= 11 is 0. The first-order valence-electron chi connectivity index (χ1n) is 9.25. The van der Waals surface area contributed by atoms with Gasteiger partial charge in [0.25, 0.3) is 0 Å². The van der Waals surface area contributed by atoms with Crippen LogP contribution in [0.25, 0.3) is 17.2 Å². The van der Waals surface area contributed by atoms with Crippen molar-refractivity contribution in [3.63, 3.8) is 0 Å². The minimum atomic E-state index is 0.306. The molecule has 0 bridgehead atoms. The molecule has 5 nitrogen and oxygen atoms in total. The SMILES string of the molecule is C=Cc1cccc(-c2c(C#N)c(N)nc3c2CN(Cc2cccnc2)CC3)c1. The van der Waals surface area contributed by atoms with Crippen LogP contribution in [0.4, 0.5) is 5.82 Å². The van der Waals surface area contributed by atoms with E-state index in [-0.39, 0.29) is 0 Å². The largest absolute Gasteiger partial charge is 0.383 e. The van der Waals surface area contributed by atoms with Crippen LogP contribution in [-0.4, -0.2) is 21.4 Å². The summed E-state index contributed by atoms with van der Waals surface area (Å²) in [4.78, 5) is 11.1. The van der Waals surface area contributed by atoms with Crippen molar-refractivity contribution < 1.29 is 0 Å². The van der Waals surface area contributed by atoms with Gasteiger partial charge in [-0.1, -0.05) is 36.9 Å². The van der Waals surface area contributed by atoms with E-state index in [0.717, 1.165) is 54.0 Å². The maximum atomic E-state index is 9.78. The topological polar surface area (TPSA) is 78.8 Å². The quantitative estimate of drug-likeness (QED) is 0.759. The van der Waals surface area contributed by atoms with Crippen molar-refractivity contribution in [2.75, 3.05) is 12.3 Å². The number of benzene rings is 1. The fourth-order valence-corrected chi connectivity index (χ4v) is 3.77. The summed E-state index contributed by atoms with van der Waals surface area (Å²) in [5.74, 6) is 0.306. The van der Waals surface area contributed by atoms with E-state index in [0.29, 0.717) is 11.4 Å². The van der Waals surface area contributed by atoms with Gasteiger partial charge in [-0.3, -0.25) is 9.88 Å². The Morgan fingerprint density at radius 2 is 2.18 bits per heavy atom. The summed E-state index contributed by atoms with van der Waals surface area (Å²) in [5, 5.41) is 9.78. The molecule has 3 heterocycles. The fourth-order valence-electron chi connectivity index (χ4n) is 3.77. The molecule has 0 aliphatic carbocycles. The Morgan fingerprint density at radius 3 is 2.93 bits per heavy atom. The summed E-state index contributed by atoms with van der Waals surface area (Å²) in [6.07, 6.45) is 6.29. The van der Waals surface area contributed by atoms with Gasteiger partial charge in [0, 0.05) is 49.7 Å². The molecular formula is C23H21N5. The molecule has 0 unspecified atom stereocenters. The number of nitrogens with zero attached hydrogens (tertiary/aromatic N) is 4. The molecule has 2 N–H and O–H groups in total. The van der Waals surface area contributed by atoms with Crippen molar-refractivity contribution in [2.45, 2.75) is 19.5 Å². The highest BCUT2D eigenvalue weighted by Crippen LogP contribution is 2.35. The molecule has 0 saturated heterocycles. The van der Waals surface area contributed by atoms with Gasteiger partial charge in [-0.15, -0.1) is 0 Å². The van der Waals surface area contributed by atoms with Gasteiger partial charge in [0.2, 0.25) is 0 Å². The molecule has 1 aliphatic rings. The molecule has 2 aromatic heterocycles. The molecular weight excluding hydrogens is 346 g/mol. The Hall–Kier alpha value is -3.49. The zero-order valence-electron chi connectivity index (χ0n) is 15.6. The highest BCUT2D eigenvalue weighted by molar-refractivity contribution is 5.80. The molecule has 3 aromatic rings. The van der Waals surface area contributed by atoms with E-state index in [9.17, 15) is 5.26 Å². The Bertz CT molecular complexity index is 1070. The van der Waals surface area contributed by atoms with Gasteiger partial charge in [0.15, 0.2) is 0 Å². The lowest BCUT2D eigenvalue weighted by Gasteiger charge is -2.30. The number of nitrogen functional groups attached to an aromatic ring is 1. The van der Waals surface area contributed by atoms with E-state index in [1.54, 1.807) is 12.3 Å². The smallest absolute Gasteiger partial charge is 0.142 e. The summed E-state index contributed by atoms with van der Waals surface area (Å²) in [7, 11) is 0. The van der Waals surface area contributed by atoms with Crippen LogP contribution in [0.1, 0.15) is 27.9 Å². The maximum absolute atomic E-state index is 9.78. The first-order valence-corrected chi connectivity index (χ1v) is 9.25. The van der Waals surface area contributed by atoms with E-state index >= 15 is 0 Å². The second kappa shape index (κ2) is 7.63. The minimum Gasteiger partial charge on any atom is -0.383 e. The Balaban J connectivity index is 1.79. The second-order valence-electron chi connectivity index (χ2n) is 6.94.